The molecule has 2 aliphatic rings. The molecule has 2 heterocycles. The predicted molar refractivity (Wildman–Crippen MR) is 62.9 cm³/mol. The van der Waals surface area contributed by atoms with Gasteiger partial charge in [-0.3, -0.25) is 0 Å². The van der Waals surface area contributed by atoms with Crippen LogP contribution in [0.5, 0.6) is 0 Å². The van der Waals surface area contributed by atoms with Crippen LogP contribution in [0.2, 0.25) is 0 Å². The van der Waals surface area contributed by atoms with Crippen molar-refractivity contribution in [3.05, 3.63) is 0 Å². The Hall–Kier alpha value is -0.200. The van der Waals surface area contributed by atoms with Gasteiger partial charge in [0.05, 0.1) is 18.3 Å². The summed E-state index contributed by atoms with van der Waals surface area (Å²) >= 11 is 0. The smallest absolute Gasteiger partial charge is 0.0895 e. The van der Waals surface area contributed by atoms with E-state index in [0.29, 0.717) is 12.6 Å². The molecular formula is C12H23NO4. The highest BCUT2D eigenvalue weighted by atomic mass is 16.5. The fourth-order valence-electron chi connectivity index (χ4n) is 2.66. The minimum absolute atomic E-state index is 0.0155. The lowest BCUT2D eigenvalue weighted by molar-refractivity contribution is -0.140. The molecule has 17 heavy (non-hydrogen) atoms. The van der Waals surface area contributed by atoms with E-state index in [9.17, 15) is 5.11 Å². The van der Waals surface area contributed by atoms with Crippen molar-refractivity contribution < 1.29 is 19.7 Å². The molecule has 0 aromatic carbocycles. The maximum absolute atomic E-state index is 9.33. The molecular weight excluding hydrogens is 222 g/mol. The molecule has 0 amide bonds. The summed E-state index contributed by atoms with van der Waals surface area (Å²) in [6, 6.07) is 0.378. The molecule has 100 valence electrons. The van der Waals surface area contributed by atoms with Crippen LogP contribution in [0, 0.1) is 0 Å². The van der Waals surface area contributed by atoms with Gasteiger partial charge in [-0.05, 0) is 25.7 Å². The van der Waals surface area contributed by atoms with E-state index in [0.717, 1.165) is 45.5 Å². The van der Waals surface area contributed by atoms with Gasteiger partial charge in [-0.25, -0.2) is 0 Å². The summed E-state index contributed by atoms with van der Waals surface area (Å²) in [6.45, 7) is 2.60. The molecule has 5 heteroatoms. The third-order valence-corrected chi connectivity index (χ3v) is 3.75. The molecule has 1 spiro atoms. The lowest BCUT2D eigenvalue weighted by Crippen LogP contribution is -2.51. The van der Waals surface area contributed by atoms with Crippen LogP contribution < -0.4 is 5.32 Å². The van der Waals surface area contributed by atoms with Gasteiger partial charge in [0.2, 0.25) is 0 Å². The van der Waals surface area contributed by atoms with Crippen LogP contribution in [0.3, 0.4) is 0 Å². The first-order valence-corrected chi connectivity index (χ1v) is 6.48. The Morgan fingerprint density at radius 1 is 1.29 bits per heavy atom. The highest BCUT2D eigenvalue weighted by Crippen LogP contribution is 2.34. The summed E-state index contributed by atoms with van der Waals surface area (Å²) in [5, 5.41) is 21.4. The Balaban J connectivity index is 1.79. The number of rotatable bonds is 4. The molecule has 0 aliphatic carbocycles. The van der Waals surface area contributed by atoms with Crippen LogP contribution in [-0.2, 0) is 9.47 Å². The van der Waals surface area contributed by atoms with Crippen molar-refractivity contribution in [1.82, 2.24) is 5.32 Å². The molecule has 0 aromatic heterocycles. The van der Waals surface area contributed by atoms with E-state index in [-0.39, 0.29) is 12.2 Å². The molecule has 2 unspecified atom stereocenters. The van der Waals surface area contributed by atoms with E-state index in [1.165, 1.54) is 0 Å². The fraction of sp³-hybridized carbons (Fsp3) is 1.00. The van der Waals surface area contributed by atoms with Gasteiger partial charge < -0.3 is 25.0 Å². The second kappa shape index (κ2) is 6.11. The molecule has 0 aromatic rings. The van der Waals surface area contributed by atoms with Crippen LogP contribution in [0.25, 0.3) is 0 Å². The molecule has 2 fully saturated rings. The largest absolute Gasteiger partial charge is 0.394 e. The van der Waals surface area contributed by atoms with Gasteiger partial charge in [-0.15, -0.1) is 0 Å². The number of hydrogen-bond donors (Lipinski definition) is 3. The van der Waals surface area contributed by atoms with E-state index >= 15 is 0 Å². The zero-order valence-electron chi connectivity index (χ0n) is 10.2. The summed E-state index contributed by atoms with van der Waals surface area (Å²) in [7, 11) is 0. The third-order valence-electron chi connectivity index (χ3n) is 3.75. The zero-order valence-corrected chi connectivity index (χ0v) is 10.2. The molecule has 3 N–H and O–H groups in total. The number of aliphatic hydroxyl groups excluding tert-OH is 2. The number of aliphatic hydroxyl groups is 2. The lowest BCUT2D eigenvalue weighted by atomic mass is 9.84. The van der Waals surface area contributed by atoms with Gasteiger partial charge >= 0.3 is 0 Å². The predicted octanol–water partition coefficient (Wildman–Crippen LogP) is -0.343. The molecule has 2 aliphatic heterocycles. The highest BCUT2D eigenvalue weighted by Gasteiger charge is 2.38. The molecule has 2 saturated heterocycles. The first-order chi connectivity index (χ1) is 8.24. The maximum Gasteiger partial charge on any atom is 0.0895 e. The highest BCUT2D eigenvalue weighted by molar-refractivity contribution is 4.91. The Labute approximate surface area is 102 Å². The minimum Gasteiger partial charge on any atom is -0.394 e. The van der Waals surface area contributed by atoms with Crippen molar-refractivity contribution in [1.29, 1.82) is 0 Å². The maximum atomic E-state index is 9.33. The molecule has 2 atom stereocenters. The fourth-order valence-corrected chi connectivity index (χ4v) is 2.66. The first-order valence-electron chi connectivity index (χ1n) is 6.48. The third kappa shape index (κ3) is 3.63. The van der Waals surface area contributed by atoms with E-state index in [4.69, 9.17) is 14.6 Å². The second-order valence-electron chi connectivity index (χ2n) is 5.08. The quantitative estimate of drug-likeness (QED) is 0.632. The Morgan fingerprint density at radius 3 is 2.76 bits per heavy atom. The van der Waals surface area contributed by atoms with E-state index in [2.05, 4.69) is 5.32 Å². The standard InChI is InChI=1S/C12H23NO4/c14-9-11(15)8-13-10-1-4-17-12(7-10)2-5-16-6-3-12/h10-11,13-15H,1-9H2. The van der Waals surface area contributed by atoms with Crippen LogP contribution in [0.1, 0.15) is 25.7 Å². The topological polar surface area (TPSA) is 71.0 Å². The van der Waals surface area contributed by atoms with E-state index in [1.54, 1.807) is 0 Å². The van der Waals surface area contributed by atoms with Gasteiger partial charge in [-0.2, -0.15) is 0 Å². The molecule has 0 radical (unpaired) electrons. The van der Waals surface area contributed by atoms with Crippen molar-refractivity contribution in [2.75, 3.05) is 33.0 Å². The second-order valence-corrected chi connectivity index (χ2v) is 5.08. The van der Waals surface area contributed by atoms with Crippen molar-refractivity contribution >= 4 is 0 Å². The van der Waals surface area contributed by atoms with Crippen molar-refractivity contribution in [3.8, 4) is 0 Å². The Kier molecular flexibility index (Phi) is 4.76. The van der Waals surface area contributed by atoms with Crippen LogP contribution in [-0.4, -0.2) is 60.9 Å². The van der Waals surface area contributed by atoms with Gasteiger partial charge in [-0.1, -0.05) is 0 Å². The van der Waals surface area contributed by atoms with Gasteiger partial charge in [0.1, 0.15) is 0 Å². The number of hydrogen-bond acceptors (Lipinski definition) is 5. The SMILES string of the molecule is OCC(O)CNC1CCOC2(CCOCC2)C1. The average Bonchev–Trinajstić information content (AvgIpc) is 2.37. The minimum atomic E-state index is -0.663. The van der Waals surface area contributed by atoms with Crippen LogP contribution in [0.4, 0.5) is 0 Å². The van der Waals surface area contributed by atoms with Crippen molar-refractivity contribution in [2.45, 2.75) is 43.4 Å². The van der Waals surface area contributed by atoms with Gasteiger partial charge in [0.25, 0.3) is 0 Å². The van der Waals surface area contributed by atoms with Crippen LogP contribution >= 0.6 is 0 Å². The van der Waals surface area contributed by atoms with E-state index < -0.39 is 6.10 Å². The van der Waals surface area contributed by atoms with Gasteiger partial charge in [0.15, 0.2) is 0 Å². The van der Waals surface area contributed by atoms with Crippen molar-refractivity contribution in [3.63, 3.8) is 0 Å². The van der Waals surface area contributed by atoms with Gasteiger partial charge in [0, 0.05) is 32.4 Å². The lowest BCUT2D eigenvalue weighted by Gasteiger charge is -2.43. The monoisotopic (exact) mass is 245 g/mol. The Bertz CT molecular complexity index is 225. The molecule has 0 saturated carbocycles. The average molecular weight is 245 g/mol. The number of nitrogens with one attached hydrogen (secondary N) is 1. The summed E-state index contributed by atoms with van der Waals surface area (Å²) in [5.74, 6) is 0. The first kappa shape index (κ1) is 13.2. The summed E-state index contributed by atoms with van der Waals surface area (Å²) in [6.07, 6.45) is 3.22. The van der Waals surface area contributed by atoms with Crippen LogP contribution in [0.15, 0.2) is 0 Å². The summed E-state index contributed by atoms with van der Waals surface area (Å²) < 4.78 is 11.3. The summed E-state index contributed by atoms with van der Waals surface area (Å²) in [5.41, 5.74) is -0.0155. The Morgan fingerprint density at radius 2 is 2.06 bits per heavy atom. The number of ether oxygens (including phenoxy) is 2. The summed E-state index contributed by atoms with van der Waals surface area (Å²) in [4.78, 5) is 0. The molecule has 2 rings (SSSR count). The molecule has 5 nitrogen and oxygen atoms in total. The zero-order chi connectivity index (χ0) is 12.1. The molecule has 0 bridgehead atoms. The normalized spacial score (nSPS) is 30.4. The van der Waals surface area contributed by atoms with Crippen molar-refractivity contribution in [2.24, 2.45) is 0 Å². The van der Waals surface area contributed by atoms with E-state index in [1.807, 2.05) is 0 Å².